The van der Waals surface area contributed by atoms with Crippen LogP contribution in [-0.4, -0.2) is 27.2 Å². The predicted molar refractivity (Wildman–Crippen MR) is 127 cm³/mol. The smallest absolute Gasteiger partial charge is 0.369 e. The molecule has 0 saturated carbocycles. The van der Waals surface area contributed by atoms with Crippen LogP contribution in [0.15, 0.2) is 59.4 Å². The summed E-state index contributed by atoms with van der Waals surface area (Å²) in [5.41, 5.74) is 6.83. The minimum atomic E-state index is -4.44. The van der Waals surface area contributed by atoms with Gasteiger partial charge in [0.1, 0.15) is 0 Å². The molecule has 2 aromatic carbocycles. The molecule has 3 aromatic rings. The summed E-state index contributed by atoms with van der Waals surface area (Å²) in [7, 11) is 0. The van der Waals surface area contributed by atoms with Crippen molar-refractivity contribution in [2.75, 3.05) is 12.3 Å². The van der Waals surface area contributed by atoms with E-state index < -0.39 is 35.9 Å². The third-order valence-corrected chi connectivity index (χ3v) is 6.78. The van der Waals surface area contributed by atoms with E-state index in [9.17, 15) is 31.1 Å². The molecule has 0 fully saturated rings. The Morgan fingerprint density at radius 1 is 0.973 bits per heavy atom. The zero-order valence-electron chi connectivity index (χ0n) is 20.0. The summed E-state index contributed by atoms with van der Waals surface area (Å²) in [5, 5.41) is 0. The van der Waals surface area contributed by atoms with Gasteiger partial charge in [0, 0.05) is 32.0 Å². The molecule has 1 aromatic heterocycles. The second kappa shape index (κ2) is 10.2. The first-order valence-corrected chi connectivity index (χ1v) is 11.8. The molecule has 1 aliphatic rings. The van der Waals surface area contributed by atoms with Gasteiger partial charge in [-0.3, -0.25) is 14.3 Å². The number of nitrogens with zero attached hydrogens (tertiary/aromatic N) is 3. The van der Waals surface area contributed by atoms with Crippen LogP contribution >= 0.6 is 0 Å². The molecule has 5 nitrogen and oxygen atoms in total. The molecule has 0 spiro atoms. The van der Waals surface area contributed by atoms with Crippen LogP contribution in [0.4, 0.5) is 32.3 Å². The van der Waals surface area contributed by atoms with Gasteiger partial charge in [0.2, 0.25) is 5.95 Å². The molecule has 0 saturated heterocycles. The maximum atomic E-state index is 13.6. The molecule has 2 atom stereocenters. The number of alkyl halides is 6. The Kier molecular flexibility index (Phi) is 7.36. The molecule has 2 N–H and O–H groups in total. The molecule has 0 radical (unpaired) electrons. The normalized spacial score (nSPS) is 16.3. The minimum Gasteiger partial charge on any atom is -0.369 e. The van der Waals surface area contributed by atoms with Crippen LogP contribution in [0.3, 0.4) is 0 Å². The molecule has 198 valence electrons. The fourth-order valence-electron chi connectivity index (χ4n) is 4.74. The lowest BCUT2D eigenvalue weighted by Crippen LogP contribution is -2.41. The van der Waals surface area contributed by atoms with Crippen LogP contribution in [0.5, 0.6) is 0 Å². The number of aromatic nitrogens is 2. The van der Waals surface area contributed by atoms with E-state index in [0.29, 0.717) is 35.3 Å². The summed E-state index contributed by atoms with van der Waals surface area (Å²) in [6.45, 7) is 2.46. The fourth-order valence-corrected chi connectivity index (χ4v) is 4.74. The summed E-state index contributed by atoms with van der Waals surface area (Å²) >= 11 is 0. The Labute approximate surface area is 209 Å². The van der Waals surface area contributed by atoms with Crippen LogP contribution in [0.25, 0.3) is 0 Å². The van der Waals surface area contributed by atoms with Crippen molar-refractivity contribution in [2.45, 2.75) is 57.2 Å². The van der Waals surface area contributed by atoms with Gasteiger partial charge in [0.25, 0.3) is 5.56 Å². The van der Waals surface area contributed by atoms with Gasteiger partial charge in [-0.25, -0.2) is 4.98 Å². The van der Waals surface area contributed by atoms with Crippen molar-refractivity contribution in [1.29, 1.82) is 0 Å². The van der Waals surface area contributed by atoms with E-state index in [1.807, 2.05) is 11.8 Å². The summed E-state index contributed by atoms with van der Waals surface area (Å²) in [5.74, 6) is -0.149. The molecule has 37 heavy (non-hydrogen) atoms. The van der Waals surface area contributed by atoms with Gasteiger partial charge in [-0.2, -0.15) is 26.3 Å². The molecule has 1 unspecified atom stereocenters. The van der Waals surface area contributed by atoms with Gasteiger partial charge in [0.15, 0.2) is 0 Å². The molecule has 11 heteroatoms. The number of hydrogen-bond acceptors (Lipinski definition) is 4. The van der Waals surface area contributed by atoms with Crippen molar-refractivity contribution < 1.29 is 26.3 Å². The van der Waals surface area contributed by atoms with Crippen LogP contribution in [0, 0.1) is 0 Å². The Morgan fingerprint density at radius 2 is 1.62 bits per heavy atom. The molecule has 1 aliphatic heterocycles. The van der Waals surface area contributed by atoms with Crippen LogP contribution in [0.1, 0.15) is 59.8 Å². The van der Waals surface area contributed by atoms with Gasteiger partial charge < -0.3 is 5.73 Å². The highest BCUT2D eigenvalue weighted by Gasteiger charge is 2.33. The average molecular weight is 525 g/mol. The quantitative estimate of drug-likeness (QED) is 0.408. The minimum absolute atomic E-state index is 0.143. The number of hydrogen-bond donors (Lipinski definition) is 1. The van der Waals surface area contributed by atoms with E-state index in [-0.39, 0.29) is 25.0 Å². The van der Waals surface area contributed by atoms with Crippen LogP contribution < -0.4 is 11.3 Å². The maximum absolute atomic E-state index is 13.6. The third kappa shape index (κ3) is 5.98. The molecule has 2 heterocycles. The molecular formula is C26H26F6N4O. The van der Waals surface area contributed by atoms with E-state index in [2.05, 4.69) is 4.98 Å². The number of rotatable bonds is 6. The number of halogens is 6. The maximum Gasteiger partial charge on any atom is 0.416 e. The third-order valence-electron chi connectivity index (χ3n) is 6.78. The van der Waals surface area contributed by atoms with Crippen molar-refractivity contribution in [3.05, 3.63) is 92.9 Å². The Bertz CT molecular complexity index is 1290. The Balaban J connectivity index is 1.66. The highest BCUT2D eigenvalue weighted by atomic mass is 19.4. The van der Waals surface area contributed by atoms with Crippen LogP contribution in [-0.2, 0) is 19.1 Å². The van der Waals surface area contributed by atoms with E-state index in [1.54, 1.807) is 30.3 Å². The van der Waals surface area contributed by atoms with E-state index in [4.69, 9.17) is 5.73 Å². The SMILES string of the molecule is C[C@@H](c1ccc(C(F)(F)F)cc1)N1CCc2nc(N)n(C(CCC(F)(F)F)c3ccccc3)c(=O)c2C1. The topological polar surface area (TPSA) is 64.2 Å². The van der Waals surface area contributed by atoms with Crippen molar-refractivity contribution in [2.24, 2.45) is 0 Å². The fraction of sp³-hybridized carbons (Fsp3) is 0.385. The highest BCUT2D eigenvalue weighted by Crippen LogP contribution is 2.33. The van der Waals surface area contributed by atoms with Gasteiger partial charge in [-0.15, -0.1) is 0 Å². The summed E-state index contributed by atoms with van der Waals surface area (Å²) < 4.78 is 79.3. The van der Waals surface area contributed by atoms with Crippen molar-refractivity contribution in [3.8, 4) is 0 Å². The highest BCUT2D eigenvalue weighted by molar-refractivity contribution is 5.34. The van der Waals surface area contributed by atoms with Crippen molar-refractivity contribution >= 4 is 5.95 Å². The number of nitrogen functional groups attached to an aromatic ring is 1. The standard InChI is InChI=1S/C26H26F6N4O/c1-16(17-7-9-19(10-8-17)26(30,31)32)35-14-12-21-20(15-35)23(37)36(24(33)34-21)22(11-13-25(27,28)29)18-5-3-2-4-6-18/h2-10,16,22H,11-15H2,1H3,(H2,33,34)/t16-,22?/m0/s1. The van der Waals surface area contributed by atoms with E-state index in [0.717, 1.165) is 16.7 Å². The second-order valence-corrected chi connectivity index (χ2v) is 9.17. The Morgan fingerprint density at radius 3 is 2.22 bits per heavy atom. The number of fused-ring (bicyclic) bond motifs is 1. The number of benzene rings is 2. The first-order valence-electron chi connectivity index (χ1n) is 11.8. The zero-order chi connectivity index (χ0) is 27.0. The molecule has 0 aliphatic carbocycles. The molecule has 0 bridgehead atoms. The predicted octanol–water partition coefficient (Wildman–Crippen LogP) is 5.90. The molecule has 0 amide bonds. The van der Waals surface area contributed by atoms with Gasteiger partial charge >= 0.3 is 12.4 Å². The van der Waals surface area contributed by atoms with Crippen molar-refractivity contribution in [1.82, 2.24) is 14.5 Å². The average Bonchev–Trinajstić information content (AvgIpc) is 2.85. The van der Waals surface area contributed by atoms with E-state index in [1.165, 1.54) is 12.1 Å². The summed E-state index contributed by atoms with van der Waals surface area (Å²) in [6, 6.07) is 11.9. The van der Waals surface area contributed by atoms with Gasteiger partial charge in [0.05, 0.1) is 22.9 Å². The lowest BCUT2D eigenvalue weighted by Gasteiger charge is -2.34. The molecular weight excluding hydrogens is 498 g/mol. The summed E-state index contributed by atoms with van der Waals surface area (Å²) in [4.78, 5) is 20.0. The number of anilines is 1. The first kappa shape index (κ1) is 26.7. The lowest BCUT2D eigenvalue weighted by molar-refractivity contribution is -0.138. The lowest BCUT2D eigenvalue weighted by atomic mass is 9.98. The second-order valence-electron chi connectivity index (χ2n) is 9.17. The first-order chi connectivity index (χ1) is 17.3. The number of nitrogens with two attached hydrogens (primary N) is 1. The zero-order valence-corrected chi connectivity index (χ0v) is 20.0. The largest absolute Gasteiger partial charge is 0.416 e. The van der Waals surface area contributed by atoms with Crippen molar-refractivity contribution in [3.63, 3.8) is 0 Å². The monoisotopic (exact) mass is 524 g/mol. The van der Waals surface area contributed by atoms with E-state index >= 15 is 0 Å². The Hall–Kier alpha value is -3.34. The van der Waals surface area contributed by atoms with Gasteiger partial charge in [-0.05, 0) is 36.6 Å². The summed E-state index contributed by atoms with van der Waals surface area (Å²) in [6.07, 6.45) is -9.97. The van der Waals surface area contributed by atoms with Crippen LogP contribution in [0.2, 0.25) is 0 Å². The molecule has 4 rings (SSSR count). The van der Waals surface area contributed by atoms with Gasteiger partial charge in [-0.1, -0.05) is 42.5 Å².